The Morgan fingerprint density at radius 3 is 2.69 bits per heavy atom. The summed E-state index contributed by atoms with van der Waals surface area (Å²) >= 11 is 0. The molecule has 7 heteroatoms. The van der Waals surface area contributed by atoms with Gasteiger partial charge in [-0.1, -0.05) is 6.07 Å². The molecule has 4 heterocycles. The van der Waals surface area contributed by atoms with Crippen molar-refractivity contribution in [3.8, 4) is 11.3 Å². The fourth-order valence-corrected chi connectivity index (χ4v) is 2.91. The van der Waals surface area contributed by atoms with Crippen LogP contribution in [-0.2, 0) is 4.74 Å². The molecule has 0 bridgehead atoms. The third-order valence-electron chi connectivity index (χ3n) is 4.24. The Morgan fingerprint density at radius 2 is 1.88 bits per heavy atom. The van der Waals surface area contributed by atoms with Gasteiger partial charge in [-0.25, -0.2) is 15.0 Å². The van der Waals surface area contributed by atoms with Gasteiger partial charge in [0.05, 0.1) is 24.5 Å². The fraction of sp³-hybridized carbons (Fsp3) is 0.211. The molecule has 0 saturated carbocycles. The Labute approximate surface area is 150 Å². The van der Waals surface area contributed by atoms with Gasteiger partial charge in [-0.15, -0.1) is 0 Å². The first-order chi connectivity index (χ1) is 12.8. The Kier molecular flexibility index (Phi) is 4.61. The Bertz CT molecular complexity index is 889. The molecule has 130 valence electrons. The summed E-state index contributed by atoms with van der Waals surface area (Å²) in [6, 6.07) is 9.20. The highest BCUT2D eigenvalue weighted by Gasteiger charge is 2.27. The molecule has 1 amide bonds. The topological polar surface area (TPSA) is 81.1 Å². The van der Waals surface area contributed by atoms with E-state index in [9.17, 15) is 4.79 Å². The number of morpholine rings is 1. The Hall–Kier alpha value is -3.19. The molecule has 0 N–H and O–H groups in total. The Balaban J connectivity index is 1.54. The van der Waals surface area contributed by atoms with Crippen molar-refractivity contribution in [1.29, 1.82) is 0 Å². The predicted molar refractivity (Wildman–Crippen MR) is 94.1 cm³/mol. The van der Waals surface area contributed by atoms with Crippen molar-refractivity contribution in [1.82, 2.24) is 24.8 Å². The van der Waals surface area contributed by atoms with Gasteiger partial charge < -0.3 is 9.64 Å². The molecule has 0 unspecified atom stereocenters. The third kappa shape index (κ3) is 3.43. The number of aromatic nitrogens is 4. The molecule has 0 radical (unpaired) electrons. The smallest absolute Gasteiger partial charge is 0.254 e. The minimum atomic E-state index is -0.265. The molecule has 1 aliphatic rings. The molecular weight excluding hydrogens is 330 g/mol. The zero-order valence-electron chi connectivity index (χ0n) is 14.0. The second-order valence-electron chi connectivity index (χ2n) is 5.92. The van der Waals surface area contributed by atoms with E-state index >= 15 is 0 Å². The van der Waals surface area contributed by atoms with Crippen molar-refractivity contribution in [2.45, 2.75) is 6.10 Å². The number of hydrogen-bond donors (Lipinski definition) is 0. The standard InChI is InChI=1S/C19H17N5O2/c25-19(14-4-6-20-7-5-14)24-8-9-26-18(12-24)17-3-1-2-16(23-17)15-10-21-13-22-11-15/h1-7,10-11,13,18H,8-9,12H2/t18-/m0/s1. The first-order valence-electron chi connectivity index (χ1n) is 8.34. The molecule has 1 atom stereocenters. The van der Waals surface area contributed by atoms with Gasteiger partial charge >= 0.3 is 0 Å². The molecule has 3 aromatic rings. The molecule has 0 aliphatic carbocycles. The second kappa shape index (κ2) is 7.37. The van der Waals surface area contributed by atoms with Gasteiger partial charge in [-0.05, 0) is 24.3 Å². The summed E-state index contributed by atoms with van der Waals surface area (Å²) in [4.78, 5) is 31.2. The van der Waals surface area contributed by atoms with Crippen molar-refractivity contribution in [2.75, 3.05) is 19.7 Å². The predicted octanol–water partition coefficient (Wildman–Crippen LogP) is 2.15. The zero-order valence-corrected chi connectivity index (χ0v) is 14.0. The van der Waals surface area contributed by atoms with E-state index in [0.29, 0.717) is 25.3 Å². The van der Waals surface area contributed by atoms with Gasteiger partial charge in [0.15, 0.2) is 0 Å². The van der Waals surface area contributed by atoms with Crippen molar-refractivity contribution in [3.63, 3.8) is 0 Å². The molecule has 0 aromatic carbocycles. The van der Waals surface area contributed by atoms with Crippen LogP contribution < -0.4 is 0 Å². The van der Waals surface area contributed by atoms with E-state index in [4.69, 9.17) is 4.74 Å². The maximum Gasteiger partial charge on any atom is 0.254 e. The van der Waals surface area contributed by atoms with Crippen LogP contribution in [0, 0.1) is 0 Å². The van der Waals surface area contributed by atoms with Crippen LogP contribution in [0.2, 0.25) is 0 Å². The number of amides is 1. The molecule has 3 aromatic heterocycles. The first kappa shape index (κ1) is 16.3. The largest absolute Gasteiger partial charge is 0.368 e. The first-order valence-corrected chi connectivity index (χ1v) is 8.34. The van der Waals surface area contributed by atoms with Gasteiger partial charge in [-0.3, -0.25) is 9.78 Å². The normalized spacial score (nSPS) is 17.1. The maximum atomic E-state index is 12.7. The number of hydrogen-bond acceptors (Lipinski definition) is 6. The van der Waals surface area contributed by atoms with Crippen molar-refractivity contribution >= 4 is 5.91 Å². The van der Waals surface area contributed by atoms with Gasteiger partial charge in [0.2, 0.25) is 0 Å². The quantitative estimate of drug-likeness (QED) is 0.722. The average molecular weight is 347 g/mol. The lowest BCUT2D eigenvalue weighted by atomic mass is 10.1. The van der Waals surface area contributed by atoms with Crippen LogP contribution in [0.5, 0.6) is 0 Å². The van der Waals surface area contributed by atoms with Crippen LogP contribution in [0.4, 0.5) is 0 Å². The van der Waals surface area contributed by atoms with Gasteiger partial charge in [-0.2, -0.15) is 0 Å². The molecule has 1 fully saturated rings. The zero-order chi connectivity index (χ0) is 17.8. The highest BCUT2D eigenvalue weighted by Crippen LogP contribution is 2.24. The number of carbonyl (C=O) groups excluding carboxylic acids is 1. The van der Waals surface area contributed by atoms with Gasteiger partial charge in [0.25, 0.3) is 5.91 Å². The Morgan fingerprint density at radius 1 is 1.08 bits per heavy atom. The van der Waals surface area contributed by atoms with E-state index in [2.05, 4.69) is 19.9 Å². The van der Waals surface area contributed by atoms with E-state index < -0.39 is 0 Å². The number of nitrogens with zero attached hydrogens (tertiary/aromatic N) is 5. The molecule has 1 aliphatic heterocycles. The van der Waals surface area contributed by atoms with E-state index in [1.54, 1.807) is 41.8 Å². The SMILES string of the molecule is O=C(c1ccncc1)N1CCO[C@H](c2cccc(-c3cncnc3)n2)C1. The summed E-state index contributed by atoms with van der Waals surface area (Å²) in [7, 11) is 0. The number of pyridine rings is 2. The van der Waals surface area contributed by atoms with E-state index in [1.165, 1.54) is 6.33 Å². The molecular formula is C19H17N5O2. The monoisotopic (exact) mass is 347 g/mol. The lowest BCUT2D eigenvalue weighted by Gasteiger charge is -2.32. The molecule has 7 nitrogen and oxygen atoms in total. The lowest BCUT2D eigenvalue weighted by Crippen LogP contribution is -2.42. The summed E-state index contributed by atoms with van der Waals surface area (Å²) < 4.78 is 5.87. The minimum absolute atomic E-state index is 0.0201. The van der Waals surface area contributed by atoms with E-state index in [1.807, 2.05) is 18.2 Å². The van der Waals surface area contributed by atoms with Crippen LogP contribution in [0.1, 0.15) is 22.2 Å². The highest BCUT2D eigenvalue weighted by atomic mass is 16.5. The summed E-state index contributed by atoms with van der Waals surface area (Å²) in [5.41, 5.74) is 3.04. The molecule has 26 heavy (non-hydrogen) atoms. The van der Waals surface area contributed by atoms with Crippen molar-refractivity contribution < 1.29 is 9.53 Å². The third-order valence-corrected chi connectivity index (χ3v) is 4.24. The summed E-state index contributed by atoms with van der Waals surface area (Å²) in [6.07, 6.45) is 7.91. The van der Waals surface area contributed by atoms with Crippen LogP contribution in [0.25, 0.3) is 11.3 Å². The van der Waals surface area contributed by atoms with Crippen LogP contribution in [0.3, 0.4) is 0 Å². The summed E-state index contributed by atoms with van der Waals surface area (Å²) in [6.45, 7) is 1.49. The second-order valence-corrected chi connectivity index (χ2v) is 5.92. The molecule has 0 spiro atoms. The van der Waals surface area contributed by atoms with E-state index in [-0.39, 0.29) is 12.0 Å². The lowest BCUT2D eigenvalue weighted by molar-refractivity contribution is -0.0246. The summed E-state index contributed by atoms with van der Waals surface area (Å²) in [5.74, 6) is -0.0201. The highest BCUT2D eigenvalue weighted by molar-refractivity contribution is 5.94. The van der Waals surface area contributed by atoms with Crippen LogP contribution in [-0.4, -0.2) is 50.4 Å². The fourth-order valence-electron chi connectivity index (χ4n) is 2.91. The number of carbonyl (C=O) groups is 1. The van der Waals surface area contributed by atoms with Crippen molar-refractivity contribution in [2.24, 2.45) is 0 Å². The minimum Gasteiger partial charge on any atom is -0.368 e. The van der Waals surface area contributed by atoms with Gasteiger partial charge in [0.1, 0.15) is 12.4 Å². The van der Waals surface area contributed by atoms with Crippen molar-refractivity contribution in [3.05, 3.63) is 72.7 Å². The van der Waals surface area contributed by atoms with Gasteiger partial charge in [0, 0.05) is 42.5 Å². The summed E-state index contributed by atoms with van der Waals surface area (Å²) in [5, 5.41) is 0. The van der Waals surface area contributed by atoms with Crippen LogP contribution >= 0.6 is 0 Å². The molecule has 4 rings (SSSR count). The maximum absolute atomic E-state index is 12.7. The van der Waals surface area contributed by atoms with Crippen LogP contribution in [0.15, 0.2) is 61.4 Å². The average Bonchev–Trinajstić information content (AvgIpc) is 2.75. The van der Waals surface area contributed by atoms with E-state index in [0.717, 1.165) is 17.0 Å². The number of ether oxygens (including phenoxy) is 1. The number of rotatable bonds is 3. The molecule has 1 saturated heterocycles.